The average molecular weight is 398 g/mol. The fourth-order valence-electron chi connectivity index (χ4n) is 1.80. The molecule has 0 radical (unpaired) electrons. The first kappa shape index (κ1) is 15.2. The molecule has 0 aromatic heterocycles. The lowest BCUT2D eigenvalue weighted by Crippen LogP contribution is -2.18. The Morgan fingerprint density at radius 2 is 1.95 bits per heavy atom. The van der Waals surface area contributed by atoms with Crippen LogP contribution in [0.25, 0.3) is 0 Å². The molecule has 0 aliphatic carbocycles. The third-order valence-electron chi connectivity index (χ3n) is 2.71. The molecule has 0 atom stereocenters. The average Bonchev–Trinajstić information content (AvgIpc) is 2.46. The van der Waals surface area contributed by atoms with Crippen LogP contribution in [0.2, 0.25) is 0 Å². The van der Waals surface area contributed by atoms with Gasteiger partial charge in [0.2, 0.25) is 0 Å². The Bertz CT molecular complexity index is 706. The fraction of sp³-hybridized carbons (Fsp3) is 0. The number of rotatable bonds is 4. The van der Waals surface area contributed by atoms with Gasteiger partial charge in [0, 0.05) is 15.3 Å². The number of carbonyl (C=O) groups excluding carboxylic acids is 1. The van der Waals surface area contributed by atoms with E-state index >= 15 is 0 Å². The standard InChI is InChI=1S/C13H11IN4O3/c14-8-3-1-4-9(7-8)16-13(19)10-5-2-6-11(18(20)21)12(10)17-15/h1-7,17H,15H2,(H,16,19). The molecule has 2 rings (SSSR count). The molecular weight excluding hydrogens is 387 g/mol. The van der Waals surface area contributed by atoms with Gasteiger partial charge in [-0.3, -0.25) is 20.8 Å². The molecule has 0 saturated carbocycles. The van der Waals surface area contributed by atoms with Gasteiger partial charge in [0.15, 0.2) is 0 Å². The van der Waals surface area contributed by atoms with Gasteiger partial charge >= 0.3 is 0 Å². The Labute approximate surface area is 133 Å². The third-order valence-corrected chi connectivity index (χ3v) is 3.38. The molecule has 2 aromatic carbocycles. The Morgan fingerprint density at radius 3 is 2.57 bits per heavy atom. The Morgan fingerprint density at radius 1 is 1.24 bits per heavy atom. The van der Waals surface area contributed by atoms with Crippen molar-refractivity contribution in [2.75, 3.05) is 10.7 Å². The zero-order valence-corrected chi connectivity index (χ0v) is 12.8. The summed E-state index contributed by atoms with van der Waals surface area (Å²) in [6.07, 6.45) is 0. The summed E-state index contributed by atoms with van der Waals surface area (Å²) in [6, 6.07) is 11.4. The predicted molar refractivity (Wildman–Crippen MR) is 88.0 cm³/mol. The Kier molecular flexibility index (Phi) is 4.70. The number of amides is 1. The molecular formula is C13H11IN4O3. The fourth-order valence-corrected chi connectivity index (χ4v) is 2.34. The number of hydrogen-bond donors (Lipinski definition) is 3. The van der Waals surface area contributed by atoms with Gasteiger partial charge in [-0.05, 0) is 46.9 Å². The maximum Gasteiger partial charge on any atom is 0.294 e. The molecule has 0 bridgehead atoms. The number of hydrogen-bond acceptors (Lipinski definition) is 5. The molecule has 0 heterocycles. The Hall–Kier alpha value is -2.20. The summed E-state index contributed by atoms with van der Waals surface area (Å²) in [5.41, 5.74) is 2.64. The summed E-state index contributed by atoms with van der Waals surface area (Å²) in [5, 5.41) is 13.6. The molecule has 0 aliphatic heterocycles. The number of halogens is 1. The van der Waals surface area contributed by atoms with E-state index < -0.39 is 10.8 Å². The largest absolute Gasteiger partial charge is 0.322 e. The van der Waals surface area contributed by atoms with Crippen molar-refractivity contribution in [2.24, 2.45) is 5.84 Å². The van der Waals surface area contributed by atoms with Crippen molar-refractivity contribution in [3.63, 3.8) is 0 Å². The smallest absolute Gasteiger partial charge is 0.294 e. The zero-order valence-electron chi connectivity index (χ0n) is 10.7. The highest BCUT2D eigenvalue weighted by molar-refractivity contribution is 14.1. The summed E-state index contributed by atoms with van der Waals surface area (Å²) in [4.78, 5) is 22.6. The third kappa shape index (κ3) is 3.47. The highest BCUT2D eigenvalue weighted by atomic mass is 127. The molecule has 8 heteroatoms. The van der Waals surface area contributed by atoms with Crippen molar-refractivity contribution in [3.05, 3.63) is 61.7 Å². The van der Waals surface area contributed by atoms with Crippen LogP contribution >= 0.6 is 22.6 Å². The first-order valence-corrected chi connectivity index (χ1v) is 6.91. The molecule has 4 N–H and O–H groups in total. The SMILES string of the molecule is NNc1c(C(=O)Nc2cccc(I)c2)cccc1[N+](=O)[O-]. The Balaban J connectivity index is 2.35. The summed E-state index contributed by atoms with van der Waals surface area (Å²) < 4.78 is 0.960. The van der Waals surface area contributed by atoms with E-state index in [1.54, 1.807) is 18.2 Å². The van der Waals surface area contributed by atoms with E-state index in [1.807, 2.05) is 6.07 Å². The van der Waals surface area contributed by atoms with Crippen LogP contribution in [-0.4, -0.2) is 10.8 Å². The second kappa shape index (κ2) is 6.50. The van der Waals surface area contributed by atoms with Gasteiger partial charge in [-0.25, -0.2) is 0 Å². The van der Waals surface area contributed by atoms with E-state index in [0.717, 1.165) is 3.57 Å². The molecule has 0 aliphatic rings. The van der Waals surface area contributed by atoms with E-state index in [2.05, 4.69) is 33.3 Å². The van der Waals surface area contributed by atoms with E-state index in [0.29, 0.717) is 5.69 Å². The molecule has 0 fully saturated rings. The molecule has 0 spiro atoms. The predicted octanol–water partition coefficient (Wildman–Crippen LogP) is 2.74. The number of para-hydroxylation sites is 1. The van der Waals surface area contributed by atoms with Crippen molar-refractivity contribution < 1.29 is 9.72 Å². The molecule has 2 aromatic rings. The van der Waals surface area contributed by atoms with Crippen LogP contribution in [0.3, 0.4) is 0 Å². The van der Waals surface area contributed by atoms with Gasteiger partial charge in [0.05, 0.1) is 10.5 Å². The number of carbonyl (C=O) groups is 1. The number of benzene rings is 2. The first-order chi connectivity index (χ1) is 10.0. The number of nitrogens with zero attached hydrogens (tertiary/aromatic N) is 1. The van der Waals surface area contributed by atoms with Gasteiger partial charge in [-0.1, -0.05) is 12.1 Å². The second-order valence-corrected chi connectivity index (χ2v) is 5.31. The molecule has 21 heavy (non-hydrogen) atoms. The first-order valence-electron chi connectivity index (χ1n) is 5.84. The van der Waals surface area contributed by atoms with E-state index in [9.17, 15) is 14.9 Å². The monoisotopic (exact) mass is 398 g/mol. The molecule has 1 amide bonds. The number of nitrogens with one attached hydrogen (secondary N) is 2. The second-order valence-electron chi connectivity index (χ2n) is 4.07. The van der Waals surface area contributed by atoms with E-state index in [1.165, 1.54) is 18.2 Å². The van der Waals surface area contributed by atoms with Gasteiger partial charge in [0.25, 0.3) is 11.6 Å². The summed E-state index contributed by atoms with van der Waals surface area (Å²) in [6.45, 7) is 0. The number of nitrogen functional groups attached to an aromatic ring is 1. The van der Waals surface area contributed by atoms with Crippen LogP contribution in [0.15, 0.2) is 42.5 Å². The van der Waals surface area contributed by atoms with Crippen LogP contribution in [0.1, 0.15) is 10.4 Å². The van der Waals surface area contributed by atoms with Crippen LogP contribution in [0.5, 0.6) is 0 Å². The van der Waals surface area contributed by atoms with Gasteiger partial charge in [0.1, 0.15) is 5.69 Å². The van der Waals surface area contributed by atoms with Crippen molar-refractivity contribution in [1.29, 1.82) is 0 Å². The minimum atomic E-state index is -0.600. The quantitative estimate of drug-likeness (QED) is 0.318. The van der Waals surface area contributed by atoms with Crippen molar-refractivity contribution in [3.8, 4) is 0 Å². The van der Waals surface area contributed by atoms with Crippen LogP contribution in [0.4, 0.5) is 17.1 Å². The minimum Gasteiger partial charge on any atom is -0.322 e. The number of nitrogens with two attached hydrogens (primary N) is 1. The van der Waals surface area contributed by atoms with Crippen molar-refractivity contribution in [1.82, 2.24) is 0 Å². The van der Waals surface area contributed by atoms with Crippen molar-refractivity contribution >= 4 is 45.6 Å². The highest BCUT2D eigenvalue weighted by Crippen LogP contribution is 2.28. The maximum absolute atomic E-state index is 12.2. The van der Waals surface area contributed by atoms with Gasteiger partial charge in [-0.15, -0.1) is 0 Å². The molecule has 7 nitrogen and oxygen atoms in total. The molecule has 0 unspecified atom stereocenters. The minimum absolute atomic E-state index is 0.0226. The van der Waals surface area contributed by atoms with Crippen LogP contribution in [0, 0.1) is 13.7 Å². The number of nitro groups is 1. The summed E-state index contributed by atoms with van der Waals surface area (Å²) in [5.74, 6) is 4.83. The topological polar surface area (TPSA) is 110 Å². The lowest BCUT2D eigenvalue weighted by molar-refractivity contribution is -0.384. The highest BCUT2D eigenvalue weighted by Gasteiger charge is 2.20. The van der Waals surface area contributed by atoms with E-state index in [-0.39, 0.29) is 16.9 Å². The normalized spacial score (nSPS) is 10.0. The van der Waals surface area contributed by atoms with E-state index in [4.69, 9.17) is 5.84 Å². The molecule has 0 saturated heterocycles. The number of anilines is 2. The van der Waals surface area contributed by atoms with Gasteiger partial charge in [-0.2, -0.15) is 0 Å². The zero-order chi connectivity index (χ0) is 15.4. The van der Waals surface area contributed by atoms with Crippen LogP contribution < -0.4 is 16.6 Å². The lowest BCUT2D eigenvalue weighted by atomic mass is 10.1. The van der Waals surface area contributed by atoms with Crippen LogP contribution in [-0.2, 0) is 0 Å². The molecule has 108 valence electrons. The number of hydrazine groups is 1. The summed E-state index contributed by atoms with van der Waals surface area (Å²) in [7, 11) is 0. The van der Waals surface area contributed by atoms with Crippen molar-refractivity contribution in [2.45, 2.75) is 0 Å². The van der Waals surface area contributed by atoms with Gasteiger partial charge < -0.3 is 10.7 Å². The lowest BCUT2D eigenvalue weighted by Gasteiger charge is -2.10. The maximum atomic E-state index is 12.2. The number of nitro benzene ring substituents is 1. The summed E-state index contributed by atoms with van der Waals surface area (Å²) >= 11 is 2.12.